The van der Waals surface area contributed by atoms with Crippen LogP contribution in [0, 0.1) is 0 Å². The van der Waals surface area contributed by atoms with Gasteiger partial charge in [-0.3, -0.25) is 9.58 Å². The fraction of sp³-hybridized carbons (Fsp3) is 0.300. The number of aliphatic hydroxyl groups is 1. The van der Waals surface area contributed by atoms with Gasteiger partial charge >= 0.3 is 5.13 Å². The first-order chi connectivity index (χ1) is 13.5. The molecule has 0 spiro atoms. The average molecular weight is 398 g/mol. The van der Waals surface area contributed by atoms with Crippen molar-refractivity contribution < 1.29 is 9.67 Å². The molecule has 0 fully saturated rings. The Kier molecular flexibility index (Phi) is 6.13. The maximum absolute atomic E-state index is 7.00. The quantitative estimate of drug-likeness (QED) is 0.545. The van der Waals surface area contributed by atoms with Crippen molar-refractivity contribution in [3.63, 3.8) is 0 Å². The van der Waals surface area contributed by atoms with Crippen LogP contribution >= 0.6 is 11.3 Å². The topological polar surface area (TPSA) is 69.9 Å². The highest BCUT2D eigenvalue weighted by molar-refractivity contribution is 7.21. The summed E-state index contributed by atoms with van der Waals surface area (Å²) in [6, 6.07) is 4.60. The van der Waals surface area contributed by atoms with Crippen molar-refractivity contribution in [1.29, 1.82) is 0 Å². The fourth-order valence-electron chi connectivity index (χ4n) is 2.97. The van der Waals surface area contributed by atoms with Crippen LogP contribution in [0.15, 0.2) is 64.6 Å². The number of thiazole rings is 1. The van der Waals surface area contributed by atoms with Crippen molar-refractivity contribution >= 4 is 37.6 Å². The third-order valence-corrected chi connectivity index (χ3v) is 5.65. The van der Waals surface area contributed by atoms with Crippen LogP contribution in [-0.4, -0.2) is 47.0 Å². The van der Waals surface area contributed by atoms with Gasteiger partial charge in [0.15, 0.2) is 0 Å². The molecule has 0 aliphatic heterocycles. The van der Waals surface area contributed by atoms with E-state index in [4.69, 9.17) is 5.11 Å². The number of aliphatic hydroxyl groups excluding tert-OH is 1. The normalized spacial score (nSPS) is 16.7. The summed E-state index contributed by atoms with van der Waals surface area (Å²) in [5.74, 6) is 0. The number of benzene rings is 1. The molecular weight excluding hydrogens is 372 g/mol. The van der Waals surface area contributed by atoms with E-state index >= 15 is 0 Å². The largest absolute Gasteiger partial charge is 0.409 e. The summed E-state index contributed by atoms with van der Waals surface area (Å²) in [6.07, 6.45) is 12.2. The van der Waals surface area contributed by atoms with Crippen molar-refractivity contribution in [2.75, 3.05) is 21.2 Å². The number of likely N-dealkylation sites (N-methyl/N-ethyl adjacent to an activating group) is 1. The van der Waals surface area contributed by atoms with E-state index in [2.05, 4.69) is 63.2 Å². The van der Waals surface area contributed by atoms with Gasteiger partial charge in [-0.25, -0.2) is 4.57 Å². The molecule has 1 atom stereocenters. The van der Waals surface area contributed by atoms with E-state index in [0.29, 0.717) is 0 Å². The molecule has 1 N–H and O–H groups in total. The molecule has 8 heteroatoms. The van der Waals surface area contributed by atoms with Gasteiger partial charge in [-0.05, 0) is 48.8 Å². The van der Waals surface area contributed by atoms with E-state index in [1.54, 1.807) is 11.3 Å². The predicted molar refractivity (Wildman–Crippen MR) is 114 cm³/mol. The Hall–Kier alpha value is -2.68. The lowest BCUT2D eigenvalue weighted by atomic mass is 10.2. The van der Waals surface area contributed by atoms with Crippen molar-refractivity contribution in [2.24, 2.45) is 24.3 Å². The molecular formula is C20H25N6OS+. The lowest BCUT2D eigenvalue weighted by Gasteiger charge is -2.15. The van der Waals surface area contributed by atoms with Crippen LogP contribution < -0.4 is 4.57 Å². The zero-order valence-electron chi connectivity index (χ0n) is 16.7. The number of nitrogens with zero attached hydrogens (tertiary/aromatic N) is 6. The number of aryl methyl sites for hydroxylation is 2. The highest BCUT2D eigenvalue weighted by Crippen LogP contribution is 2.30. The summed E-state index contributed by atoms with van der Waals surface area (Å²) in [7, 11) is 9.10. The van der Waals surface area contributed by atoms with Crippen molar-refractivity contribution in [1.82, 2.24) is 14.7 Å². The van der Waals surface area contributed by atoms with Crippen molar-refractivity contribution in [3.05, 3.63) is 54.4 Å². The number of azo groups is 1. The number of rotatable bonds is 3. The molecule has 1 aromatic carbocycles. The molecule has 2 heterocycles. The Morgan fingerprint density at radius 3 is 2.75 bits per heavy atom. The SMILES string of the molecule is CN(C)C1C=CC=C(N=Nc2sc3cc4cnn(C)c4cc3[n+]2C)C=C1.CO. The van der Waals surface area contributed by atoms with Gasteiger partial charge in [-0.1, -0.05) is 18.2 Å². The lowest BCUT2D eigenvalue weighted by Crippen LogP contribution is -2.25. The molecule has 4 rings (SSSR count). The molecule has 3 aromatic rings. The second-order valence-electron chi connectivity index (χ2n) is 6.58. The van der Waals surface area contributed by atoms with E-state index in [0.717, 1.165) is 34.4 Å². The molecule has 2 aromatic heterocycles. The Bertz CT molecular complexity index is 1100. The standard InChI is InChI=1S/C19H21N6S.CH4O/c1-23(2)15-7-5-6-14(8-9-15)21-22-19-24(3)17-11-16-13(10-18(17)26-19)12-20-25(16)4;1-2/h5-12,15H,1-4H3;2H,1H3/q+1;. The van der Waals surface area contributed by atoms with Gasteiger partial charge in [0.05, 0.1) is 28.6 Å². The van der Waals surface area contributed by atoms with Gasteiger partial charge < -0.3 is 5.11 Å². The maximum atomic E-state index is 7.00. The molecule has 1 unspecified atom stereocenters. The summed E-state index contributed by atoms with van der Waals surface area (Å²) >= 11 is 1.64. The van der Waals surface area contributed by atoms with Crippen LogP contribution in [0.25, 0.3) is 21.1 Å². The summed E-state index contributed by atoms with van der Waals surface area (Å²) < 4.78 is 5.15. The van der Waals surface area contributed by atoms with Crippen LogP contribution in [0.2, 0.25) is 0 Å². The summed E-state index contributed by atoms with van der Waals surface area (Å²) in [4.78, 5) is 2.15. The zero-order valence-corrected chi connectivity index (χ0v) is 17.6. The predicted octanol–water partition coefficient (Wildman–Crippen LogP) is 3.24. The fourth-order valence-corrected chi connectivity index (χ4v) is 3.97. The number of hydrogen-bond acceptors (Lipinski definition) is 6. The van der Waals surface area contributed by atoms with E-state index in [-0.39, 0.29) is 6.04 Å². The summed E-state index contributed by atoms with van der Waals surface area (Å²) in [5, 5.41) is 22.3. The third-order valence-electron chi connectivity index (χ3n) is 4.56. The molecule has 0 saturated carbocycles. The molecule has 1 aliphatic carbocycles. The first kappa shape index (κ1) is 20.1. The van der Waals surface area contributed by atoms with Crippen LogP contribution in [0.4, 0.5) is 5.13 Å². The first-order valence-electron chi connectivity index (χ1n) is 8.87. The smallest absolute Gasteiger partial charge is 0.400 e. The van der Waals surface area contributed by atoms with Gasteiger partial charge in [-0.2, -0.15) is 5.10 Å². The minimum atomic E-state index is 0.278. The van der Waals surface area contributed by atoms with Gasteiger partial charge in [-0.15, -0.1) is 0 Å². The van der Waals surface area contributed by atoms with E-state index < -0.39 is 0 Å². The van der Waals surface area contributed by atoms with E-state index in [1.807, 2.05) is 43.2 Å². The monoisotopic (exact) mass is 397 g/mol. The average Bonchev–Trinajstić information content (AvgIpc) is 3.09. The minimum absolute atomic E-state index is 0.278. The molecule has 146 valence electrons. The van der Waals surface area contributed by atoms with Crippen LogP contribution in [0.5, 0.6) is 0 Å². The van der Waals surface area contributed by atoms with Crippen molar-refractivity contribution in [2.45, 2.75) is 6.04 Å². The Morgan fingerprint density at radius 1 is 1.21 bits per heavy atom. The van der Waals surface area contributed by atoms with Crippen LogP contribution in [-0.2, 0) is 14.1 Å². The van der Waals surface area contributed by atoms with Gasteiger partial charge in [0.2, 0.25) is 0 Å². The lowest BCUT2D eigenvalue weighted by molar-refractivity contribution is -0.627. The molecule has 0 radical (unpaired) electrons. The number of hydrogen-bond donors (Lipinski definition) is 1. The summed E-state index contributed by atoms with van der Waals surface area (Å²) in [6.45, 7) is 0. The molecule has 0 amide bonds. The Labute approximate surface area is 168 Å². The van der Waals surface area contributed by atoms with E-state index in [1.165, 1.54) is 4.70 Å². The summed E-state index contributed by atoms with van der Waals surface area (Å²) in [5.41, 5.74) is 3.10. The van der Waals surface area contributed by atoms with Gasteiger partial charge in [0, 0.05) is 31.7 Å². The molecule has 28 heavy (non-hydrogen) atoms. The van der Waals surface area contributed by atoms with Gasteiger partial charge in [0.1, 0.15) is 11.2 Å². The van der Waals surface area contributed by atoms with Crippen molar-refractivity contribution in [3.8, 4) is 0 Å². The van der Waals surface area contributed by atoms with Crippen LogP contribution in [0.1, 0.15) is 0 Å². The Balaban J connectivity index is 0.00000109. The highest BCUT2D eigenvalue weighted by Gasteiger charge is 2.18. The molecule has 0 saturated heterocycles. The van der Waals surface area contributed by atoms with Gasteiger partial charge in [0.25, 0.3) is 0 Å². The number of fused-ring (bicyclic) bond motifs is 2. The minimum Gasteiger partial charge on any atom is -0.400 e. The number of allylic oxidation sites excluding steroid dienone is 3. The second kappa shape index (κ2) is 8.55. The van der Waals surface area contributed by atoms with Crippen LogP contribution in [0.3, 0.4) is 0 Å². The molecule has 7 nitrogen and oxygen atoms in total. The number of aromatic nitrogens is 3. The second-order valence-corrected chi connectivity index (χ2v) is 7.59. The zero-order chi connectivity index (χ0) is 20.3. The molecule has 0 bridgehead atoms. The highest BCUT2D eigenvalue weighted by atomic mass is 32.1. The van der Waals surface area contributed by atoms with E-state index in [9.17, 15) is 0 Å². The Morgan fingerprint density at radius 2 is 2.00 bits per heavy atom. The third kappa shape index (κ3) is 3.94. The molecule has 1 aliphatic rings. The maximum Gasteiger partial charge on any atom is 0.409 e. The first-order valence-corrected chi connectivity index (χ1v) is 9.68.